The van der Waals surface area contributed by atoms with E-state index in [1.54, 1.807) is 0 Å². The zero-order chi connectivity index (χ0) is 21.2. The number of hydrogen-bond donors (Lipinski definition) is 3. The maximum absolute atomic E-state index is 12.4. The average molecular weight is 413 g/mol. The number of carboxylic acids is 2. The third-order valence-electron chi connectivity index (χ3n) is 3.78. The van der Waals surface area contributed by atoms with Crippen molar-refractivity contribution in [3.05, 3.63) is 34.9 Å². The topological polar surface area (TPSA) is 131 Å². The summed E-state index contributed by atoms with van der Waals surface area (Å²) in [5, 5.41) is 20.9. The van der Waals surface area contributed by atoms with Crippen molar-refractivity contribution in [3.63, 3.8) is 0 Å². The summed E-state index contributed by atoms with van der Waals surface area (Å²) in [7, 11) is -2.82. The van der Waals surface area contributed by atoms with Crippen LogP contribution in [0.2, 0.25) is 6.04 Å². The van der Waals surface area contributed by atoms with Gasteiger partial charge in [0.2, 0.25) is 0 Å². The molecule has 0 atom stereocenters. The normalized spacial score (nSPS) is 11.2. The standard InChI is InChI=1S/C18H27NO8Si/c1-4-25-28(26-5-2,27-6-3)11-7-10-19-16(20)15-12-13(17(21)22)8-9-14(15)18(23)24/h8-9,12H,4-7,10-11H2,1-3H3,(H,19,20)(H,21,22)(H,23,24). The minimum Gasteiger partial charge on any atom is -0.478 e. The molecule has 0 heterocycles. The summed E-state index contributed by atoms with van der Waals surface area (Å²) < 4.78 is 17.2. The summed E-state index contributed by atoms with van der Waals surface area (Å²) in [5.74, 6) is -3.21. The highest BCUT2D eigenvalue weighted by molar-refractivity contribution is 6.60. The van der Waals surface area contributed by atoms with Gasteiger partial charge in [-0.2, -0.15) is 0 Å². The highest BCUT2D eigenvalue weighted by Gasteiger charge is 2.39. The Morgan fingerprint density at radius 2 is 1.50 bits per heavy atom. The van der Waals surface area contributed by atoms with Gasteiger partial charge < -0.3 is 28.8 Å². The minimum atomic E-state index is -2.82. The minimum absolute atomic E-state index is 0.161. The lowest BCUT2D eigenvalue weighted by atomic mass is 10.0. The molecular weight excluding hydrogens is 386 g/mol. The van der Waals surface area contributed by atoms with Crippen LogP contribution in [-0.4, -0.2) is 63.2 Å². The fourth-order valence-corrected chi connectivity index (χ4v) is 5.27. The van der Waals surface area contributed by atoms with E-state index in [-0.39, 0.29) is 23.2 Å². The Hall–Kier alpha value is -2.27. The van der Waals surface area contributed by atoms with Crippen LogP contribution in [0.3, 0.4) is 0 Å². The van der Waals surface area contributed by atoms with Crippen LogP contribution in [0.5, 0.6) is 0 Å². The smallest absolute Gasteiger partial charge is 0.478 e. The van der Waals surface area contributed by atoms with Gasteiger partial charge in [-0.3, -0.25) is 4.79 Å². The van der Waals surface area contributed by atoms with Crippen LogP contribution in [0.25, 0.3) is 0 Å². The maximum Gasteiger partial charge on any atom is 0.500 e. The molecule has 0 aromatic heterocycles. The van der Waals surface area contributed by atoms with Crippen molar-refractivity contribution >= 4 is 26.7 Å². The van der Waals surface area contributed by atoms with E-state index in [0.717, 1.165) is 18.2 Å². The van der Waals surface area contributed by atoms with Crippen molar-refractivity contribution < 1.29 is 37.9 Å². The average Bonchev–Trinajstić information content (AvgIpc) is 2.65. The van der Waals surface area contributed by atoms with Gasteiger partial charge in [0.25, 0.3) is 5.91 Å². The first-order valence-electron chi connectivity index (χ1n) is 9.10. The maximum atomic E-state index is 12.4. The second-order valence-electron chi connectivity index (χ2n) is 5.71. The summed E-state index contributed by atoms with van der Waals surface area (Å²) in [6, 6.07) is 3.80. The third-order valence-corrected chi connectivity index (χ3v) is 6.93. The van der Waals surface area contributed by atoms with Gasteiger partial charge in [0.05, 0.1) is 16.7 Å². The molecule has 0 bridgehead atoms. The summed E-state index contributed by atoms with van der Waals surface area (Å²) in [6.45, 7) is 7.13. The first-order valence-corrected chi connectivity index (χ1v) is 11.0. The zero-order valence-corrected chi connectivity index (χ0v) is 17.3. The molecule has 0 saturated carbocycles. The molecule has 0 aliphatic heterocycles. The van der Waals surface area contributed by atoms with Crippen LogP contribution in [-0.2, 0) is 13.3 Å². The lowest BCUT2D eigenvalue weighted by molar-refractivity contribution is 0.0678. The second-order valence-corrected chi connectivity index (χ2v) is 8.44. The van der Waals surface area contributed by atoms with Gasteiger partial charge in [-0.15, -0.1) is 0 Å². The van der Waals surface area contributed by atoms with Gasteiger partial charge in [0.15, 0.2) is 0 Å². The number of carbonyl (C=O) groups excluding carboxylic acids is 1. The van der Waals surface area contributed by atoms with Crippen molar-refractivity contribution in [2.45, 2.75) is 33.2 Å². The Kier molecular flexibility index (Phi) is 9.80. The number of carboxylic acid groups (broad SMARTS) is 2. The quantitative estimate of drug-likeness (QED) is 0.331. The first kappa shape index (κ1) is 23.8. The van der Waals surface area contributed by atoms with E-state index in [1.807, 2.05) is 20.8 Å². The monoisotopic (exact) mass is 413 g/mol. The van der Waals surface area contributed by atoms with Crippen molar-refractivity contribution in [3.8, 4) is 0 Å². The van der Waals surface area contributed by atoms with Crippen LogP contribution in [0.4, 0.5) is 0 Å². The molecule has 28 heavy (non-hydrogen) atoms. The molecule has 156 valence electrons. The second kappa shape index (κ2) is 11.5. The summed E-state index contributed by atoms with van der Waals surface area (Å²) >= 11 is 0. The zero-order valence-electron chi connectivity index (χ0n) is 16.3. The Labute approximate surface area is 165 Å². The lowest BCUT2D eigenvalue weighted by Crippen LogP contribution is -2.46. The van der Waals surface area contributed by atoms with E-state index in [4.69, 9.17) is 18.4 Å². The van der Waals surface area contributed by atoms with E-state index >= 15 is 0 Å². The number of benzene rings is 1. The third kappa shape index (κ3) is 6.71. The van der Waals surface area contributed by atoms with Gasteiger partial charge >= 0.3 is 20.7 Å². The molecule has 0 radical (unpaired) electrons. The highest BCUT2D eigenvalue weighted by atomic mass is 28.4. The molecule has 9 nitrogen and oxygen atoms in total. The largest absolute Gasteiger partial charge is 0.500 e. The predicted octanol–water partition coefficient (Wildman–Crippen LogP) is 2.25. The molecule has 0 saturated heterocycles. The molecule has 0 fully saturated rings. The van der Waals surface area contributed by atoms with Crippen LogP contribution in [0.15, 0.2) is 18.2 Å². The van der Waals surface area contributed by atoms with Gasteiger partial charge in [-0.05, 0) is 45.4 Å². The van der Waals surface area contributed by atoms with Crippen LogP contribution in [0, 0.1) is 0 Å². The molecule has 0 unspecified atom stereocenters. The SMILES string of the molecule is CCO[Si](CCCNC(=O)c1cc(C(=O)O)ccc1C(=O)O)(OCC)OCC. The van der Waals surface area contributed by atoms with E-state index in [1.165, 1.54) is 0 Å². The van der Waals surface area contributed by atoms with E-state index in [2.05, 4.69) is 5.32 Å². The Balaban J connectivity index is 2.79. The highest BCUT2D eigenvalue weighted by Crippen LogP contribution is 2.18. The fourth-order valence-electron chi connectivity index (χ4n) is 2.65. The molecule has 0 spiro atoms. The molecule has 1 rings (SSSR count). The van der Waals surface area contributed by atoms with Crippen molar-refractivity contribution in [1.82, 2.24) is 5.32 Å². The van der Waals surface area contributed by atoms with Crippen molar-refractivity contribution in [2.75, 3.05) is 26.4 Å². The Morgan fingerprint density at radius 3 is 1.96 bits per heavy atom. The number of carbonyl (C=O) groups is 3. The number of rotatable bonds is 13. The molecule has 1 aromatic rings. The number of aromatic carboxylic acids is 2. The predicted molar refractivity (Wildman–Crippen MR) is 103 cm³/mol. The van der Waals surface area contributed by atoms with Crippen LogP contribution >= 0.6 is 0 Å². The summed E-state index contributed by atoms with van der Waals surface area (Å²) in [4.78, 5) is 34.8. The molecule has 0 aliphatic carbocycles. The van der Waals surface area contributed by atoms with Crippen molar-refractivity contribution in [1.29, 1.82) is 0 Å². The van der Waals surface area contributed by atoms with Crippen LogP contribution in [0.1, 0.15) is 58.3 Å². The molecule has 0 aliphatic rings. The van der Waals surface area contributed by atoms with E-state index in [9.17, 15) is 19.5 Å². The van der Waals surface area contributed by atoms with Gasteiger partial charge in [0, 0.05) is 32.4 Å². The molecule has 3 N–H and O–H groups in total. The van der Waals surface area contributed by atoms with Gasteiger partial charge in [0.1, 0.15) is 0 Å². The Bertz CT molecular complexity index is 677. The molecule has 10 heteroatoms. The van der Waals surface area contributed by atoms with Gasteiger partial charge in [-0.25, -0.2) is 9.59 Å². The first-order chi connectivity index (χ1) is 13.3. The number of amides is 1. The van der Waals surface area contributed by atoms with E-state index < -0.39 is 26.7 Å². The summed E-state index contributed by atoms with van der Waals surface area (Å²) in [6.07, 6.45) is 0.499. The van der Waals surface area contributed by atoms with E-state index in [0.29, 0.717) is 32.3 Å². The van der Waals surface area contributed by atoms with Gasteiger partial charge in [-0.1, -0.05) is 0 Å². The molecular formula is C18H27NO8Si. The number of hydrogen-bond acceptors (Lipinski definition) is 6. The lowest BCUT2D eigenvalue weighted by Gasteiger charge is -2.28. The Morgan fingerprint density at radius 1 is 0.929 bits per heavy atom. The fraction of sp³-hybridized carbons (Fsp3) is 0.500. The number of nitrogens with one attached hydrogen (secondary N) is 1. The summed E-state index contributed by atoms with van der Waals surface area (Å²) in [5.41, 5.74) is -0.620. The molecule has 1 amide bonds. The van der Waals surface area contributed by atoms with Crippen molar-refractivity contribution in [2.24, 2.45) is 0 Å². The molecule has 1 aromatic carbocycles. The van der Waals surface area contributed by atoms with Crippen LogP contribution < -0.4 is 5.32 Å².